The van der Waals surface area contributed by atoms with E-state index >= 15 is 0 Å². The summed E-state index contributed by atoms with van der Waals surface area (Å²) in [5, 5.41) is 0. The molecule has 1 heterocycles. The molecule has 9 nitrogen and oxygen atoms in total. The van der Waals surface area contributed by atoms with Crippen LogP contribution >= 0.6 is 11.8 Å². The van der Waals surface area contributed by atoms with Crippen molar-refractivity contribution in [1.29, 1.82) is 0 Å². The highest BCUT2D eigenvalue weighted by Crippen LogP contribution is 2.33. The topological polar surface area (TPSA) is 114 Å². The van der Waals surface area contributed by atoms with Crippen molar-refractivity contribution in [2.75, 3.05) is 12.9 Å². The Morgan fingerprint density at radius 2 is 1.28 bits per heavy atom. The molecule has 142 valence electrons. The van der Waals surface area contributed by atoms with Crippen LogP contribution in [0.3, 0.4) is 0 Å². The fraction of sp³-hybridized carbons (Fsp3) is 0.733. The summed E-state index contributed by atoms with van der Waals surface area (Å²) >= 11 is 1.21. The van der Waals surface area contributed by atoms with Crippen LogP contribution in [-0.2, 0) is 42.9 Å². The van der Waals surface area contributed by atoms with Crippen LogP contribution in [0.2, 0.25) is 0 Å². The molecular weight excluding hydrogens is 356 g/mol. The number of carbonyl (C=O) groups excluding carboxylic acids is 4. The Labute approximate surface area is 149 Å². The van der Waals surface area contributed by atoms with Crippen LogP contribution in [-0.4, -0.2) is 66.6 Å². The zero-order chi connectivity index (χ0) is 19.1. The third kappa shape index (κ3) is 6.54. The molecule has 0 aliphatic carbocycles. The van der Waals surface area contributed by atoms with Gasteiger partial charge in [-0.05, 0) is 6.26 Å². The molecule has 5 atom stereocenters. The van der Waals surface area contributed by atoms with Gasteiger partial charge in [-0.1, -0.05) is 0 Å². The van der Waals surface area contributed by atoms with E-state index in [4.69, 9.17) is 23.7 Å². The van der Waals surface area contributed by atoms with Crippen molar-refractivity contribution in [1.82, 2.24) is 0 Å². The number of carbonyl (C=O) groups is 4. The van der Waals surface area contributed by atoms with Gasteiger partial charge in [0.1, 0.15) is 18.1 Å². The van der Waals surface area contributed by atoms with Crippen molar-refractivity contribution in [3.05, 3.63) is 0 Å². The van der Waals surface area contributed by atoms with Gasteiger partial charge in [0.15, 0.2) is 18.3 Å². The van der Waals surface area contributed by atoms with Crippen LogP contribution in [0.1, 0.15) is 27.7 Å². The summed E-state index contributed by atoms with van der Waals surface area (Å²) in [6, 6.07) is 0. The SMILES string of the molecule is CS[C@H]1O[C@H](COC(C)=O)[C@@H](OC(C)=O)[C@H](OC(C)=O)[C@@H]1OC(C)=O. The van der Waals surface area contributed by atoms with Gasteiger partial charge in [0.05, 0.1) is 0 Å². The van der Waals surface area contributed by atoms with Gasteiger partial charge < -0.3 is 23.7 Å². The molecule has 25 heavy (non-hydrogen) atoms. The third-order valence-corrected chi connectivity index (χ3v) is 4.02. The summed E-state index contributed by atoms with van der Waals surface area (Å²) in [6.45, 7) is 4.57. The van der Waals surface area contributed by atoms with Gasteiger partial charge >= 0.3 is 23.9 Å². The molecular formula is C15H22O9S. The molecule has 0 saturated carbocycles. The highest BCUT2D eigenvalue weighted by atomic mass is 32.2. The maximum absolute atomic E-state index is 11.5. The van der Waals surface area contributed by atoms with Crippen LogP contribution in [0.25, 0.3) is 0 Å². The lowest BCUT2D eigenvalue weighted by atomic mass is 9.99. The van der Waals surface area contributed by atoms with Crippen LogP contribution in [0.15, 0.2) is 0 Å². The standard InChI is InChI=1S/C15H22O9S/c1-7(16)20-6-11-12(21-8(2)17)13(22-9(3)18)14(23-10(4)19)15(24-11)25-5/h11-15H,6H2,1-5H3/t11-,12-,13+,14+,15-/m1/s1. The number of hydrogen-bond donors (Lipinski definition) is 0. The smallest absolute Gasteiger partial charge is 0.303 e. The maximum atomic E-state index is 11.5. The molecule has 0 N–H and O–H groups in total. The highest BCUT2D eigenvalue weighted by molar-refractivity contribution is 7.99. The van der Waals surface area contributed by atoms with E-state index in [2.05, 4.69) is 0 Å². The third-order valence-electron chi connectivity index (χ3n) is 3.18. The second kappa shape index (κ2) is 9.62. The number of rotatable bonds is 6. The minimum atomic E-state index is -1.10. The van der Waals surface area contributed by atoms with Crippen LogP contribution < -0.4 is 0 Å². The molecule has 1 rings (SSSR count). The number of esters is 4. The van der Waals surface area contributed by atoms with Gasteiger partial charge in [0.2, 0.25) is 0 Å². The summed E-state index contributed by atoms with van der Waals surface area (Å²) in [4.78, 5) is 45.5. The predicted molar refractivity (Wildman–Crippen MR) is 85.5 cm³/mol. The molecule has 0 aromatic heterocycles. The molecule has 0 aromatic rings. The Morgan fingerprint density at radius 3 is 1.72 bits per heavy atom. The molecule has 0 unspecified atom stereocenters. The highest BCUT2D eigenvalue weighted by Gasteiger charge is 2.51. The normalized spacial score (nSPS) is 28.6. The minimum absolute atomic E-state index is 0.213. The summed E-state index contributed by atoms with van der Waals surface area (Å²) in [6.07, 6.45) is -2.37. The monoisotopic (exact) mass is 378 g/mol. The fourth-order valence-electron chi connectivity index (χ4n) is 2.38. The number of ether oxygens (including phenoxy) is 5. The first-order valence-electron chi connectivity index (χ1n) is 7.49. The molecule has 10 heteroatoms. The first-order chi connectivity index (χ1) is 11.6. The van der Waals surface area contributed by atoms with E-state index in [1.54, 1.807) is 6.26 Å². The van der Waals surface area contributed by atoms with Crippen molar-refractivity contribution in [2.24, 2.45) is 0 Å². The largest absolute Gasteiger partial charge is 0.463 e. The molecule has 1 fully saturated rings. The van der Waals surface area contributed by atoms with E-state index in [0.717, 1.165) is 0 Å². The lowest BCUT2D eigenvalue weighted by molar-refractivity contribution is -0.237. The number of hydrogen-bond acceptors (Lipinski definition) is 10. The Hall–Kier alpha value is -1.81. The van der Waals surface area contributed by atoms with Crippen molar-refractivity contribution < 1.29 is 42.9 Å². The van der Waals surface area contributed by atoms with E-state index in [1.165, 1.54) is 39.5 Å². The van der Waals surface area contributed by atoms with Gasteiger partial charge in [0.25, 0.3) is 0 Å². The molecule has 0 amide bonds. The lowest BCUT2D eigenvalue weighted by Gasteiger charge is -2.43. The molecule has 1 aliphatic heterocycles. The zero-order valence-electron chi connectivity index (χ0n) is 14.7. The van der Waals surface area contributed by atoms with Crippen molar-refractivity contribution in [2.45, 2.75) is 57.5 Å². The van der Waals surface area contributed by atoms with Crippen molar-refractivity contribution >= 4 is 35.6 Å². The van der Waals surface area contributed by atoms with Crippen LogP contribution in [0.4, 0.5) is 0 Å². The summed E-state index contributed by atoms with van der Waals surface area (Å²) in [7, 11) is 0. The van der Waals surface area contributed by atoms with Gasteiger partial charge in [-0.15, -0.1) is 11.8 Å². The Morgan fingerprint density at radius 1 is 0.800 bits per heavy atom. The van der Waals surface area contributed by atoms with Gasteiger partial charge in [-0.3, -0.25) is 19.2 Å². The van der Waals surface area contributed by atoms with Gasteiger partial charge in [-0.2, -0.15) is 0 Å². The number of thioether (sulfide) groups is 1. The molecule has 1 aliphatic rings. The summed E-state index contributed by atoms with van der Waals surface area (Å²) in [5.74, 6) is -2.45. The quantitative estimate of drug-likeness (QED) is 0.476. The fourth-order valence-corrected chi connectivity index (χ4v) is 3.11. The van der Waals surface area contributed by atoms with E-state index in [9.17, 15) is 19.2 Å². The molecule has 0 spiro atoms. The van der Waals surface area contributed by atoms with Crippen molar-refractivity contribution in [3.8, 4) is 0 Å². The summed E-state index contributed by atoms with van der Waals surface area (Å²) in [5.41, 5.74) is -0.708. The van der Waals surface area contributed by atoms with E-state index < -0.39 is 53.7 Å². The van der Waals surface area contributed by atoms with E-state index in [0.29, 0.717) is 0 Å². The van der Waals surface area contributed by atoms with Crippen molar-refractivity contribution in [3.63, 3.8) is 0 Å². The second-order valence-corrected chi connectivity index (χ2v) is 6.24. The predicted octanol–water partition coefficient (Wildman–Crippen LogP) is 0.432. The average Bonchev–Trinajstić information content (AvgIpc) is 2.48. The van der Waals surface area contributed by atoms with Gasteiger partial charge in [-0.25, -0.2) is 0 Å². The Balaban J connectivity index is 3.18. The first-order valence-corrected chi connectivity index (χ1v) is 8.77. The molecule has 0 aromatic carbocycles. The Kier molecular flexibility index (Phi) is 8.17. The van der Waals surface area contributed by atoms with Gasteiger partial charge in [0, 0.05) is 27.7 Å². The molecule has 0 radical (unpaired) electrons. The molecule has 1 saturated heterocycles. The maximum Gasteiger partial charge on any atom is 0.303 e. The average molecular weight is 378 g/mol. The minimum Gasteiger partial charge on any atom is -0.463 e. The Bertz CT molecular complexity index is 521. The van der Waals surface area contributed by atoms with Crippen LogP contribution in [0.5, 0.6) is 0 Å². The summed E-state index contributed by atoms with van der Waals surface area (Å²) < 4.78 is 26.4. The first kappa shape index (κ1) is 21.2. The lowest BCUT2D eigenvalue weighted by Crippen LogP contribution is -2.61. The molecule has 0 bridgehead atoms. The zero-order valence-corrected chi connectivity index (χ0v) is 15.5. The second-order valence-electron chi connectivity index (χ2n) is 5.30. The van der Waals surface area contributed by atoms with E-state index in [1.807, 2.05) is 0 Å². The van der Waals surface area contributed by atoms with E-state index in [-0.39, 0.29) is 6.61 Å². The van der Waals surface area contributed by atoms with Crippen LogP contribution in [0, 0.1) is 0 Å².